The van der Waals surface area contributed by atoms with E-state index < -0.39 is 0 Å². The predicted molar refractivity (Wildman–Crippen MR) is 74.5 cm³/mol. The molecular weight excluding hydrogens is 326 g/mol. The van der Waals surface area contributed by atoms with Crippen LogP contribution >= 0.6 is 15.9 Å². The van der Waals surface area contributed by atoms with Gasteiger partial charge in [0.1, 0.15) is 6.54 Å². The Balaban J connectivity index is 0.00000180. The number of aryl methyl sites for hydroxylation is 1. The number of nitrogens with zero attached hydrogens (tertiary/aromatic N) is 1. The fourth-order valence-corrected chi connectivity index (χ4v) is 2.15. The smallest absolute Gasteiger partial charge is 0.189 e. The van der Waals surface area contributed by atoms with E-state index in [0.717, 1.165) is 22.3 Å². The third-order valence-electron chi connectivity index (χ3n) is 2.88. The number of hydrogen-bond donors (Lipinski definition) is 0. The molecule has 0 fully saturated rings. The molecule has 0 radical (unpaired) electrons. The van der Waals surface area contributed by atoms with Crippen LogP contribution in [0, 0.1) is 0 Å². The van der Waals surface area contributed by atoms with E-state index in [9.17, 15) is 4.79 Å². The van der Waals surface area contributed by atoms with Gasteiger partial charge in [-0.1, -0.05) is 34.1 Å². The second kappa shape index (κ2) is 7.41. The molecule has 0 aliphatic carbocycles. The van der Waals surface area contributed by atoms with E-state index in [0.29, 0.717) is 6.42 Å². The van der Waals surface area contributed by atoms with Crippen molar-refractivity contribution in [2.24, 2.45) is 0 Å². The van der Waals surface area contributed by atoms with Gasteiger partial charge in [0, 0.05) is 22.2 Å². The van der Waals surface area contributed by atoms with Gasteiger partial charge in [0.15, 0.2) is 17.7 Å². The summed E-state index contributed by atoms with van der Waals surface area (Å²) in [7, 11) is 0. The van der Waals surface area contributed by atoms with Crippen LogP contribution in [0.3, 0.4) is 0 Å². The number of rotatable bonds is 4. The van der Waals surface area contributed by atoms with Crippen molar-refractivity contribution < 1.29 is 21.8 Å². The van der Waals surface area contributed by atoms with Crippen molar-refractivity contribution in [3.63, 3.8) is 0 Å². The molecule has 0 saturated heterocycles. The van der Waals surface area contributed by atoms with Crippen LogP contribution in [0.25, 0.3) is 0 Å². The van der Waals surface area contributed by atoms with E-state index in [2.05, 4.69) is 27.4 Å². The molecule has 1 heterocycles. The van der Waals surface area contributed by atoms with Gasteiger partial charge in [-0.25, -0.2) is 4.57 Å². The highest BCUT2D eigenvalue weighted by Crippen LogP contribution is 2.12. The molecule has 0 atom stereocenters. The number of halogens is 2. The zero-order chi connectivity index (χ0) is 13.0. The van der Waals surface area contributed by atoms with E-state index in [1.807, 2.05) is 48.7 Å². The van der Waals surface area contributed by atoms with Crippen molar-refractivity contribution in [3.05, 3.63) is 64.4 Å². The highest BCUT2D eigenvalue weighted by Gasteiger charge is 2.14. The molecule has 0 bridgehead atoms. The molecule has 2 aromatic rings. The lowest BCUT2D eigenvalue weighted by Gasteiger charge is -2.02. The molecule has 0 aliphatic rings. The maximum Gasteiger partial charge on any atom is 0.189 e. The Kier molecular flexibility index (Phi) is 6.19. The van der Waals surface area contributed by atoms with Gasteiger partial charge in [-0.3, -0.25) is 4.79 Å². The summed E-state index contributed by atoms with van der Waals surface area (Å²) in [6.07, 6.45) is 2.44. The van der Waals surface area contributed by atoms with Crippen molar-refractivity contribution in [1.82, 2.24) is 0 Å². The molecule has 4 heteroatoms. The molecule has 0 aliphatic heterocycles. The molecule has 0 amide bonds. The molecular formula is C15H15BrClNO. The second-order valence-electron chi connectivity index (χ2n) is 4.08. The first-order valence-electron chi connectivity index (χ1n) is 5.97. The predicted octanol–water partition coefficient (Wildman–Crippen LogP) is 0.186. The van der Waals surface area contributed by atoms with Gasteiger partial charge >= 0.3 is 0 Å². The standard InChI is InChI=1S/C15H15BrNO.ClH/c1-2-17-10-4-3-5-14(17)11-15(18)12-6-8-13(16)9-7-12;/h3-10H,2,11H2,1H3;1H/q+1;/p-1. The van der Waals surface area contributed by atoms with Gasteiger partial charge in [-0.15, -0.1) is 0 Å². The first-order chi connectivity index (χ1) is 8.70. The minimum atomic E-state index is 0. The average Bonchev–Trinajstić information content (AvgIpc) is 2.40. The zero-order valence-electron chi connectivity index (χ0n) is 10.6. The van der Waals surface area contributed by atoms with Crippen LogP contribution in [0.15, 0.2) is 53.1 Å². The monoisotopic (exact) mass is 339 g/mol. The Morgan fingerprint density at radius 2 is 1.84 bits per heavy atom. The van der Waals surface area contributed by atoms with E-state index in [-0.39, 0.29) is 18.2 Å². The van der Waals surface area contributed by atoms with Crippen molar-refractivity contribution in [1.29, 1.82) is 0 Å². The molecule has 0 N–H and O–H groups in total. The SMILES string of the molecule is CC[n+]1ccccc1CC(=O)c1ccc(Br)cc1.[Cl-]. The van der Waals surface area contributed by atoms with Crippen LogP contribution in [0.5, 0.6) is 0 Å². The van der Waals surface area contributed by atoms with Crippen molar-refractivity contribution in [3.8, 4) is 0 Å². The highest BCUT2D eigenvalue weighted by molar-refractivity contribution is 9.10. The average molecular weight is 341 g/mol. The maximum absolute atomic E-state index is 12.2. The number of aromatic nitrogens is 1. The van der Waals surface area contributed by atoms with E-state index in [4.69, 9.17) is 0 Å². The minimum absolute atomic E-state index is 0. The minimum Gasteiger partial charge on any atom is -1.00 e. The Hall–Kier alpha value is -1.19. The fourth-order valence-electron chi connectivity index (χ4n) is 1.88. The molecule has 0 spiro atoms. The van der Waals surface area contributed by atoms with Gasteiger partial charge in [0.25, 0.3) is 0 Å². The van der Waals surface area contributed by atoms with Crippen LogP contribution in [-0.4, -0.2) is 5.78 Å². The lowest BCUT2D eigenvalue weighted by Crippen LogP contribution is -3.00. The largest absolute Gasteiger partial charge is 1.00 e. The molecule has 100 valence electrons. The number of hydrogen-bond acceptors (Lipinski definition) is 1. The van der Waals surface area contributed by atoms with Gasteiger partial charge in [-0.05, 0) is 19.1 Å². The lowest BCUT2D eigenvalue weighted by atomic mass is 10.1. The van der Waals surface area contributed by atoms with Crippen LogP contribution in [0.1, 0.15) is 23.0 Å². The molecule has 1 aromatic heterocycles. The Labute approximate surface area is 128 Å². The molecule has 0 unspecified atom stereocenters. The summed E-state index contributed by atoms with van der Waals surface area (Å²) in [5.74, 6) is 0.149. The lowest BCUT2D eigenvalue weighted by molar-refractivity contribution is -0.700. The van der Waals surface area contributed by atoms with Crippen LogP contribution in [0.2, 0.25) is 0 Å². The van der Waals surface area contributed by atoms with Crippen LogP contribution < -0.4 is 17.0 Å². The molecule has 19 heavy (non-hydrogen) atoms. The quantitative estimate of drug-likeness (QED) is 0.575. The highest BCUT2D eigenvalue weighted by atomic mass is 79.9. The van der Waals surface area contributed by atoms with E-state index in [1.54, 1.807) is 0 Å². The molecule has 1 aromatic carbocycles. The van der Waals surface area contributed by atoms with Crippen molar-refractivity contribution >= 4 is 21.7 Å². The van der Waals surface area contributed by atoms with Gasteiger partial charge in [0.05, 0.1) is 6.42 Å². The van der Waals surface area contributed by atoms with Crippen molar-refractivity contribution in [2.75, 3.05) is 0 Å². The number of Topliss-reactive ketones (excluding diaryl/α,β-unsaturated/α-hetero) is 1. The second-order valence-corrected chi connectivity index (χ2v) is 5.00. The fraction of sp³-hybridized carbons (Fsp3) is 0.200. The van der Waals surface area contributed by atoms with Gasteiger partial charge in [-0.2, -0.15) is 0 Å². The summed E-state index contributed by atoms with van der Waals surface area (Å²) in [6, 6.07) is 13.4. The van der Waals surface area contributed by atoms with E-state index in [1.165, 1.54) is 0 Å². The maximum atomic E-state index is 12.2. The van der Waals surface area contributed by atoms with Gasteiger partial charge < -0.3 is 12.4 Å². The topological polar surface area (TPSA) is 20.9 Å². The summed E-state index contributed by atoms with van der Waals surface area (Å²) in [4.78, 5) is 12.2. The summed E-state index contributed by atoms with van der Waals surface area (Å²) in [5, 5.41) is 0. The molecule has 2 nitrogen and oxygen atoms in total. The summed E-state index contributed by atoms with van der Waals surface area (Å²) in [6.45, 7) is 2.96. The third kappa shape index (κ3) is 4.15. The van der Waals surface area contributed by atoms with Crippen LogP contribution in [0.4, 0.5) is 0 Å². The first-order valence-corrected chi connectivity index (χ1v) is 6.76. The number of carbonyl (C=O) groups excluding carboxylic acids is 1. The third-order valence-corrected chi connectivity index (χ3v) is 3.41. The van der Waals surface area contributed by atoms with E-state index >= 15 is 0 Å². The Bertz CT molecular complexity index is 554. The summed E-state index contributed by atoms with van der Waals surface area (Å²) in [5.41, 5.74) is 1.80. The Morgan fingerprint density at radius 3 is 2.47 bits per heavy atom. The van der Waals surface area contributed by atoms with Crippen molar-refractivity contribution in [2.45, 2.75) is 19.9 Å². The van der Waals surface area contributed by atoms with Crippen LogP contribution in [-0.2, 0) is 13.0 Å². The zero-order valence-corrected chi connectivity index (χ0v) is 13.0. The number of ketones is 1. The molecule has 2 rings (SSSR count). The normalized spacial score (nSPS) is 9.79. The molecule has 0 saturated carbocycles. The summed E-state index contributed by atoms with van der Waals surface area (Å²) >= 11 is 3.37. The Morgan fingerprint density at radius 1 is 1.16 bits per heavy atom. The number of benzene rings is 1. The first kappa shape index (κ1) is 15.9. The number of carbonyl (C=O) groups is 1. The summed E-state index contributed by atoms with van der Waals surface area (Å²) < 4.78 is 3.08. The van der Waals surface area contributed by atoms with Gasteiger partial charge in [0.2, 0.25) is 0 Å². The number of pyridine rings is 1.